The van der Waals surface area contributed by atoms with Crippen LogP contribution >= 0.6 is 0 Å². The fourth-order valence-electron chi connectivity index (χ4n) is 5.46. The monoisotopic (exact) mass is 548 g/mol. The van der Waals surface area contributed by atoms with E-state index in [4.69, 9.17) is 4.74 Å². The summed E-state index contributed by atoms with van der Waals surface area (Å²) in [6.45, 7) is 1.03. The van der Waals surface area contributed by atoms with Gasteiger partial charge in [-0.3, -0.25) is 9.78 Å². The lowest BCUT2D eigenvalue weighted by atomic mass is 9.74. The van der Waals surface area contributed by atoms with Gasteiger partial charge in [0.2, 0.25) is 0 Å². The predicted molar refractivity (Wildman–Crippen MR) is 138 cm³/mol. The summed E-state index contributed by atoms with van der Waals surface area (Å²) < 4.78 is 61.8. The zero-order chi connectivity index (χ0) is 28.2. The van der Waals surface area contributed by atoms with Gasteiger partial charge in [-0.25, -0.2) is 17.6 Å². The SMILES string of the molecule is COc1ccc2ncc(CO)c(C(F)CCC3(C(=O)O)CCN(CCCc4cc(F)cc(F)c4F)CC3)c2c1. The Morgan fingerprint density at radius 2 is 1.90 bits per heavy atom. The number of carboxylic acids is 1. The van der Waals surface area contributed by atoms with E-state index in [1.165, 1.54) is 13.3 Å². The number of likely N-dealkylation sites (tertiary alicyclic amines) is 1. The van der Waals surface area contributed by atoms with E-state index >= 15 is 4.39 Å². The summed E-state index contributed by atoms with van der Waals surface area (Å²) in [6.07, 6.45) is 1.24. The third kappa shape index (κ3) is 6.33. The number of methoxy groups -OCH3 is 1. The quantitative estimate of drug-likeness (QED) is 0.235. The number of aliphatic carboxylic acids is 1. The van der Waals surface area contributed by atoms with E-state index in [2.05, 4.69) is 4.98 Å². The lowest BCUT2D eigenvalue weighted by molar-refractivity contribution is -0.153. The normalized spacial score (nSPS) is 16.4. The second-order valence-corrected chi connectivity index (χ2v) is 10.1. The van der Waals surface area contributed by atoms with Crippen LogP contribution in [0.15, 0.2) is 36.5 Å². The summed E-state index contributed by atoms with van der Waals surface area (Å²) in [5.74, 6) is -3.55. The molecule has 0 radical (unpaired) electrons. The Morgan fingerprint density at radius 3 is 2.56 bits per heavy atom. The number of piperidine rings is 1. The Bertz CT molecular complexity index is 1320. The first-order valence-corrected chi connectivity index (χ1v) is 13.0. The van der Waals surface area contributed by atoms with Crippen molar-refractivity contribution in [3.63, 3.8) is 0 Å². The van der Waals surface area contributed by atoms with Gasteiger partial charge in [0.25, 0.3) is 0 Å². The smallest absolute Gasteiger partial charge is 0.309 e. The van der Waals surface area contributed by atoms with Gasteiger partial charge in [-0.1, -0.05) is 0 Å². The number of halogens is 4. The van der Waals surface area contributed by atoms with E-state index in [0.29, 0.717) is 72.7 Å². The standard InChI is InChI=1S/C29H32F4N2O4/c1-39-21-4-5-25-22(15-21)26(19(17-36)16-34-25)23(31)6-7-29(28(37)38)8-11-35(12-9-29)10-2-3-18-13-20(30)14-24(32)27(18)33/h4-5,13-16,23,36H,2-3,6-12,17H2,1H3,(H,37,38). The predicted octanol–water partition coefficient (Wildman–Crippen LogP) is 5.74. The Morgan fingerprint density at radius 1 is 1.15 bits per heavy atom. The molecular formula is C29H32F4N2O4. The molecule has 2 heterocycles. The van der Waals surface area contributed by atoms with Crippen molar-refractivity contribution in [1.29, 1.82) is 0 Å². The van der Waals surface area contributed by atoms with Crippen LogP contribution in [0, 0.1) is 22.9 Å². The molecule has 210 valence electrons. The highest BCUT2D eigenvalue weighted by Crippen LogP contribution is 2.41. The van der Waals surface area contributed by atoms with E-state index in [0.717, 1.165) is 6.07 Å². The molecule has 0 bridgehead atoms. The first kappa shape index (κ1) is 28.8. The molecule has 2 aromatic carbocycles. The van der Waals surface area contributed by atoms with Crippen molar-refractivity contribution in [3.05, 3.63) is 70.7 Å². The van der Waals surface area contributed by atoms with Crippen LogP contribution in [-0.2, 0) is 17.8 Å². The number of ether oxygens (including phenoxy) is 1. The molecule has 1 aromatic heterocycles. The minimum atomic E-state index is -1.51. The van der Waals surface area contributed by atoms with Crippen LogP contribution in [0.2, 0.25) is 0 Å². The summed E-state index contributed by atoms with van der Waals surface area (Å²) in [6, 6.07) is 6.58. The summed E-state index contributed by atoms with van der Waals surface area (Å²) in [4.78, 5) is 18.7. The fraction of sp³-hybridized carbons (Fsp3) is 0.448. The molecular weight excluding hydrogens is 516 g/mol. The van der Waals surface area contributed by atoms with Crippen molar-refractivity contribution < 1.29 is 37.3 Å². The van der Waals surface area contributed by atoms with E-state index in [-0.39, 0.29) is 24.8 Å². The highest BCUT2D eigenvalue weighted by atomic mass is 19.2. The van der Waals surface area contributed by atoms with Crippen LogP contribution in [-0.4, -0.2) is 52.8 Å². The average molecular weight is 549 g/mol. The third-order valence-electron chi connectivity index (χ3n) is 7.81. The van der Waals surface area contributed by atoms with Crippen LogP contribution in [0.1, 0.15) is 55.0 Å². The molecule has 10 heteroatoms. The molecule has 1 aliphatic heterocycles. The van der Waals surface area contributed by atoms with E-state index in [9.17, 15) is 28.2 Å². The van der Waals surface area contributed by atoms with Crippen molar-refractivity contribution in [1.82, 2.24) is 9.88 Å². The molecule has 6 nitrogen and oxygen atoms in total. The summed E-state index contributed by atoms with van der Waals surface area (Å²) in [5, 5.41) is 20.4. The van der Waals surface area contributed by atoms with E-state index < -0.39 is 41.6 Å². The number of carboxylic acid groups (broad SMARTS) is 1. The van der Waals surface area contributed by atoms with E-state index in [1.54, 1.807) is 18.2 Å². The fourth-order valence-corrected chi connectivity index (χ4v) is 5.46. The molecule has 1 atom stereocenters. The molecule has 1 unspecified atom stereocenters. The van der Waals surface area contributed by atoms with E-state index in [1.807, 2.05) is 4.90 Å². The first-order valence-electron chi connectivity index (χ1n) is 13.0. The summed E-state index contributed by atoms with van der Waals surface area (Å²) in [5.41, 5.74) is 0.0607. The van der Waals surface area contributed by atoms with Gasteiger partial charge >= 0.3 is 5.97 Å². The van der Waals surface area contributed by atoms with Gasteiger partial charge in [-0.2, -0.15) is 0 Å². The molecule has 0 saturated carbocycles. The van der Waals surface area contributed by atoms with Gasteiger partial charge < -0.3 is 19.8 Å². The summed E-state index contributed by atoms with van der Waals surface area (Å²) >= 11 is 0. The highest BCUT2D eigenvalue weighted by molar-refractivity contribution is 5.85. The molecule has 0 aliphatic carbocycles. The van der Waals surface area contributed by atoms with Gasteiger partial charge in [0.05, 0.1) is 24.6 Å². The Balaban J connectivity index is 1.39. The average Bonchev–Trinajstić information content (AvgIpc) is 2.93. The van der Waals surface area contributed by atoms with Gasteiger partial charge in [-0.05, 0) is 88.0 Å². The van der Waals surface area contributed by atoms with Gasteiger partial charge in [-0.15, -0.1) is 0 Å². The number of nitrogens with zero attached hydrogens (tertiary/aromatic N) is 2. The third-order valence-corrected chi connectivity index (χ3v) is 7.81. The largest absolute Gasteiger partial charge is 0.497 e. The zero-order valence-corrected chi connectivity index (χ0v) is 21.7. The van der Waals surface area contributed by atoms with Crippen molar-refractivity contribution in [2.75, 3.05) is 26.7 Å². The molecule has 1 saturated heterocycles. The molecule has 1 fully saturated rings. The Hall–Kier alpha value is -3.24. The summed E-state index contributed by atoms with van der Waals surface area (Å²) in [7, 11) is 1.50. The number of fused-ring (bicyclic) bond motifs is 1. The van der Waals surface area contributed by atoms with Gasteiger partial charge in [0.15, 0.2) is 11.6 Å². The molecule has 2 N–H and O–H groups in total. The second kappa shape index (κ2) is 12.3. The first-order chi connectivity index (χ1) is 18.7. The number of carbonyl (C=O) groups is 1. The maximum atomic E-state index is 15.8. The van der Waals surface area contributed by atoms with Crippen molar-refractivity contribution >= 4 is 16.9 Å². The number of pyridine rings is 1. The van der Waals surface area contributed by atoms with Gasteiger partial charge in [0.1, 0.15) is 17.7 Å². The molecule has 4 rings (SSSR count). The highest BCUT2D eigenvalue weighted by Gasteiger charge is 2.41. The number of aromatic nitrogens is 1. The van der Waals surface area contributed by atoms with Crippen LogP contribution < -0.4 is 4.74 Å². The number of aliphatic hydroxyl groups is 1. The number of alkyl halides is 1. The van der Waals surface area contributed by atoms with Crippen LogP contribution in [0.5, 0.6) is 5.75 Å². The number of rotatable bonds is 11. The number of hydrogen-bond donors (Lipinski definition) is 2. The Labute approximate surface area is 224 Å². The molecule has 0 spiro atoms. The van der Waals surface area contributed by atoms with Crippen LogP contribution in [0.4, 0.5) is 17.6 Å². The number of hydrogen-bond acceptors (Lipinski definition) is 5. The maximum Gasteiger partial charge on any atom is 0.309 e. The zero-order valence-electron chi connectivity index (χ0n) is 21.7. The maximum absolute atomic E-state index is 15.8. The topological polar surface area (TPSA) is 82.9 Å². The van der Waals surface area contributed by atoms with Crippen molar-refractivity contribution in [2.45, 2.75) is 51.3 Å². The number of aliphatic hydroxyl groups excluding tert-OH is 1. The molecule has 3 aromatic rings. The van der Waals surface area contributed by atoms with Crippen LogP contribution in [0.3, 0.4) is 0 Å². The molecule has 39 heavy (non-hydrogen) atoms. The minimum absolute atomic E-state index is 0.0260. The lowest BCUT2D eigenvalue weighted by Gasteiger charge is -2.39. The number of aryl methyl sites for hydroxylation is 1. The van der Waals surface area contributed by atoms with Crippen molar-refractivity contribution in [3.8, 4) is 5.75 Å². The molecule has 0 amide bonds. The van der Waals surface area contributed by atoms with Crippen LogP contribution in [0.25, 0.3) is 10.9 Å². The minimum Gasteiger partial charge on any atom is -0.497 e. The van der Waals surface area contributed by atoms with Gasteiger partial charge in [0, 0.05) is 28.8 Å². The Kier molecular flexibility index (Phi) is 9.07. The second-order valence-electron chi connectivity index (χ2n) is 10.1. The lowest BCUT2D eigenvalue weighted by Crippen LogP contribution is -2.44. The number of benzene rings is 2. The van der Waals surface area contributed by atoms with Crippen molar-refractivity contribution in [2.24, 2.45) is 5.41 Å². The molecule has 1 aliphatic rings.